The van der Waals surface area contributed by atoms with Crippen LogP contribution >= 0.6 is 0 Å². The van der Waals surface area contributed by atoms with Gasteiger partial charge in [0, 0.05) is 19.2 Å². The Hall–Kier alpha value is -1.49. The van der Waals surface area contributed by atoms with Crippen molar-refractivity contribution < 1.29 is 4.79 Å². The summed E-state index contributed by atoms with van der Waals surface area (Å²) in [5, 5.41) is 0. The van der Waals surface area contributed by atoms with Gasteiger partial charge in [0.2, 0.25) is 5.91 Å². The van der Waals surface area contributed by atoms with Crippen molar-refractivity contribution >= 4 is 5.91 Å². The predicted molar refractivity (Wildman–Crippen MR) is 57.3 cm³/mol. The third kappa shape index (κ3) is 2.05. The van der Waals surface area contributed by atoms with Gasteiger partial charge in [-0.3, -0.25) is 4.79 Å². The molecule has 0 fully saturated rings. The number of hydrogen-bond acceptors (Lipinski definition) is 1. The maximum Gasteiger partial charge on any atom is 0.223 e. The van der Waals surface area contributed by atoms with E-state index in [1.165, 1.54) is 5.57 Å². The molecule has 0 aromatic carbocycles. The van der Waals surface area contributed by atoms with Crippen LogP contribution in [0.25, 0.3) is 0 Å². The van der Waals surface area contributed by atoms with Gasteiger partial charge in [0.15, 0.2) is 0 Å². The summed E-state index contributed by atoms with van der Waals surface area (Å²) < 4.78 is 0. The summed E-state index contributed by atoms with van der Waals surface area (Å²) in [5.41, 5.74) is 3.12. The summed E-state index contributed by atoms with van der Waals surface area (Å²) >= 11 is 0. The second-order valence-corrected chi connectivity index (χ2v) is 3.50. The molecule has 0 radical (unpaired) electrons. The fourth-order valence-corrected chi connectivity index (χ4v) is 1.63. The molecule has 2 heteroatoms. The molecule has 1 rings (SSSR count). The van der Waals surface area contributed by atoms with Crippen LogP contribution < -0.4 is 0 Å². The Morgan fingerprint density at radius 3 is 2.64 bits per heavy atom. The van der Waals surface area contributed by atoms with E-state index in [1.54, 1.807) is 11.8 Å². The van der Waals surface area contributed by atoms with E-state index >= 15 is 0 Å². The molecule has 1 heterocycles. The summed E-state index contributed by atoms with van der Waals surface area (Å²) in [6.07, 6.45) is 8.16. The molecule has 0 N–H and O–H groups in total. The Balaban J connectivity index is 2.93. The maximum atomic E-state index is 11.2. The first-order chi connectivity index (χ1) is 6.56. The zero-order chi connectivity index (χ0) is 10.7. The monoisotopic (exact) mass is 189 g/mol. The Morgan fingerprint density at radius 2 is 2.21 bits per heavy atom. The first-order valence-electron chi connectivity index (χ1n) is 4.69. The van der Waals surface area contributed by atoms with Crippen LogP contribution in [0.1, 0.15) is 27.2 Å². The van der Waals surface area contributed by atoms with Gasteiger partial charge in [-0.2, -0.15) is 0 Å². The molecule has 1 amide bonds. The van der Waals surface area contributed by atoms with Crippen LogP contribution in [0.15, 0.2) is 22.9 Å². The van der Waals surface area contributed by atoms with Crippen molar-refractivity contribution in [3.63, 3.8) is 0 Å². The lowest BCUT2D eigenvalue weighted by Crippen LogP contribution is -2.23. The molecule has 0 saturated heterocycles. The van der Waals surface area contributed by atoms with Gasteiger partial charge in [0.1, 0.15) is 0 Å². The van der Waals surface area contributed by atoms with E-state index in [4.69, 9.17) is 6.42 Å². The predicted octanol–water partition coefficient (Wildman–Crippen LogP) is 2.09. The lowest BCUT2D eigenvalue weighted by molar-refractivity contribution is -0.126. The number of amides is 1. The maximum absolute atomic E-state index is 11.2. The lowest BCUT2D eigenvalue weighted by atomic mass is 10.1. The molecule has 0 bridgehead atoms. The van der Waals surface area contributed by atoms with Crippen molar-refractivity contribution in [3.05, 3.63) is 22.9 Å². The highest BCUT2D eigenvalue weighted by Crippen LogP contribution is 2.24. The first kappa shape index (κ1) is 10.6. The van der Waals surface area contributed by atoms with Crippen LogP contribution in [0.2, 0.25) is 0 Å². The topological polar surface area (TPSA) is 20.3 Å². The largest absolute Gasteiger partial charge is 0.316 e. The SMILES string of the molecule is C#C/C(C)=C\C1=C(C)N(C(C)=O)CC1. The number of nitrogens with zero attached hydrogens (tertiary/aromatic N) is 1. The Kier molecular flexibility index (Phi) is 3.14. The highest BCUT2D eigenvalue weighted by molar-refractivity contribution is 5.76. The molecule has 0 saturated carbocycles. The van der Waals surface area contributed by atoms with Crippen LogP contribution in [0.3, 0.4) is 0 Å². The summed E-state index contributed by atoms with van der Waals surface area (Å²) in [7, 11) is 0. The molecule has 0 atom stereocenters. The molecule has 0 aromatic rings. The summed E-state index contributed by atoms with van der Waals surface area (Å²) in [6.45, 7) is 6.23. The van der Waals surface area contributed by atoms with Crippen LogP contribution in [-0.4, -0.2) is 17.4 Å². The molecule has 74 valence electrons. The second kappa shape index (κ2) is 4.15. The zero-order valence-corrected chi connectivity index (χ0v) is 8.92. The van der Waals surface area contributed by atoms with Crippen LogP contribution in [0.5, 0.6) is 0 Å². The van der Waals surface area contributed by atoms with E-state index in [-0.39, 0.29) is 5.91 Å². The van der Waals surface area contributed by atoms with Crippen molar-refractivity contribution in [1.29, 1.82) is 0 Å². The minimum Gasteiger partial charge on any atom is -0.316 e. The van der Waals surface area contributed by atoms with Crippen molar-refractivity contribution in [3.8, 4) is 12.3 Å². The average molecular weight is 189 g/mol. The fourth-order valence-electron chi connectivity index (χ4n) is 1.63. The van der Waals surface area contributed by atoms with Gasteiger partial charge >= 0.3 is 0 Å². The minimum atomic E-state index is 0.101. The standard InChI is InChI=1S/C12H15NO/c1-5-9(2)8-12-6-7-13(10(12)3)11(4)14/h1,8H,6-7H2,2-4H3/b9-8-. The number of rotatable bonds is 1. The van der Waals surface area contributed by atoms with E-state index in [0.717, 1.165) is 24.2 Å². The first-order valence-corrected chi connectivity index (χ1v) is 4.69. The van der Waals surface area contributed by atoms with Crippen molar-refractivity contribution in [2.75, 3.05) is 6.54 Å². The molecule has 1 aliphatic heterocycles. The minimum absolute atomic E-state index is 0.101. The van der Waals surface area contributed by atoms with E-state index in [0.29, 0.717) is 0 Å². The summed E-state index contributed by atoms with van der Waals surface area (Å²) in [4.78, 5) is 13.0. The molecule has 0 unspecified atom stereocenters. The Bertz CT molecular complexity index is 355. The number of allylic oxidation sites excluding steroid dienone is 3. The molecule has 0 aliphatic carbocycles. The van der Waals surface area contributed by atoms with Gasteiger partial charge < -0.3 is 4.90 Å². The number of hydrogen-bond donors (Lipinski definition) is 0. The Labute approximate surface area is 85.3 Å². The van der Waals surface area contributed by atoms with Crippen LogP contribution in [0.4, 0.5) is 0 Å². The lowest BCUT2D eigenvalue weighted by Gasteiger charge is -2.14. The molecule has 0 spiro atoms. The van der Waals surface area contributed by atoms with E-state index in [9.17, 15) is 4.79 Å². The molecule has 14 heavy (non-hydrogen) atoms. The molecule has 2 nitrogen and oxygen atoms in total. The van der Waals surface area contributed by atoms with Gasteiger partial charge in [-0.1, -0.05) is 5.92 Å². The smallest absolute Gasteiger partial charge is 0.223 e. The molecule has 1 aliphatic rings. The Morgan fingerprint density at radius 1 is 1.57 bits per heavy atom. The molecular formula is C12H15NO. The normalized spacial score (nSPS) is 17.3. The average Bonchev–Trinajstić information content (AvgIpc) is 2.48. The van der Waals surface area contributed by atoms with Gasteiger partial charge in [0.25, 0.3) is 0 Å². The van der Waals surface area contributed by atoms with E-state index in [2.05, 4.69) is 5.92 Å². The van der Waals surface area contributed by atoms with Gasteiger partial charge in [-0.25, -0.2) is 0 Å². The third-order valence-electron chi connectivity index (χ3n) is 2.47. The van der Waals surface area contributed by atoms with E-state index < -0.39 is 0 Å². The number of terminal acetylenes is 1. The van der Waals surface area contributed by atoms with Crippen molar-refractivity contribution in [2.45, 2.75) is 27.2 Å². The highest BCUT2D eigenvalue weighted by Gasteiger charge is 2.20. The number of carbonyl (C=O) groups is 1. The summed E-state index contributed by atoms with van der Waals surface area (Å²) in [6, 6.07) is 0. The fraction of sp³-hybridized carbons (Fsp3) is 0.417. The van der Waals surface area contributed by atoms with Crippen molar-refractivity contribution in [2.24, 2.45) is 0 Å². The van der Waals surface area contributed by atoms with Crippen molar-refractivity contribution in [1.82, 2.24) is 4.90 Å². The van der Waals surface area contributed by atoms with Gasteiger partial charge in [0.05, 0.1) is 0 Å². The third-order valence-corrected chi connectivity index (χ3v) is 2.47. The summed E-state index contributed by atoms with van der Waals surface area (Å²) in [5.74, 6) is 2.68. The van der Waals surface area contributed by atoms with Gasteiger partial charge in [-0.15, -0.1) is 6.42 Å². The number of carbonyl (C=O) groups excluding carboxylic acids is 1. The van der Waals surface area contributed by atoms with E-state index in [1.807, 2.05) is 19.9 Å². The van der Waals surface area contributed by atoms with Gasteiger partial charge in [-0.05, 0) is 37.5 Å². The zero-order valence-electron chi connectivity index (χ0n) is 8.92. The highest BCUT2D eigenvalue weighted by atomic mass is 16.2. The van der Waals surface area contributed by atoms with Crippen LogP contribution in [0, 0.1) is 12.3 Å². The second-order valence-electron chi connectivity index (χ2n) is 3.50. The van der Waals surface area contributed by atoms with Crippen LogP contribution in [-0.2, 0) is 4.79 Å². The molecule has 0 aromatic heterocycles. The molecular weight excluding hydrogens is 174 g/mol. The quantitative estimate of drug-likeness (QED) is 0.578.